The quantitative estimate of drug-likeness (QED) is 0.712. The Morgan fingerprint density at radius 1 is 1.33 bits per heavy atom. The third kappa shape index (κ3) is 3.60. The van der Waals surface area contributed by atoms with Gasteiger partial charge < -0.3 is 0 Å². The second-order valence-electron chi connectivity index (χ2n) is 5.37. The van der Waals surface area contributed by atoms with Crippen molar-refractivity contribution in [3.63, 3.8) is 0 Å². The van der Waals surface area contributed by atoms with Crippen LogP contribution in [-0.4, -0.2) is 29.8 Å². The summed E-state index contributed by atoms with van der Waals surface area (Å²) in [4.78, 5) is 14.1. The standard InChI is InChI=1S/C13H25NO/c1-10(2)9-11(3)14(4)12-7-5-6-8-13(12)15/h10-12H,5-9H2,1-4H3. The number of hydrogen-bond donors (Lipinski definition) is 0. The molecule has 0 aromatic rings. The summed E-state index contributed by atoms with van der Waals surface area (Å²) < 4.78 is 0. The van der Waals surface area contributed by atoms with Gasteiger partial charge in [0.05, 0.1) is 6.04 Å². The van der Waals surface area contributed by atoms with E-state index in [1.54, 1.807) is 0 Å². The van der Waals surface area contributed by atoms with Crippen molar-refractivity contribution in [1.82, 2.24) is 4.90 Å². The zero-order valence-corrected chi connectivity index (χ0v) is 10.6. The van der Waals surface area contributed by atoms with Crippen molar-refractivity contribution >= 4 is 5.78 Å². The van der Waals surface area contributed by atoms with Crippen LogP contribution >= 0.6 is 0 Å². The van der Waals surface area contributed by atoms with E-state index in [1.165, 1.54) is 12.8 Å². The lowest BCUT2D eigenvalue weighted by Crippen LogP contribution is -2.45. The maximum Gasteiger partial charge on any atom is 0.149 e. The van der Waals surface area contributed by atoms with Crippen LogP contribution in [0.3, 0.4) is 0 Å². The highest BCUT2D eigenvalue weighted by Gasteiger charge is 2.28. The molecule has 15 heavy (non-hydrogen) atoms. The highest BCUT2D eigenvalue weighted by Crippen LogP contribution is 2.22. The predicted octanol–water partition coefficient (Wildman–Crippen LogP) is 2.86. The molecule has 2 unspecified atom stereocenters. The van der Waals surface area contributed by atoms with Gasteiger partial charge in [-0.25, -0.2) is 0 Å². The normalized spacial score (nSPS) is 24.9. The molecule has 1 rings (SSSR count). The van der Waals surface area contributed by atoms with Crippen molar-refractivity contribution in [2.75, 3.05) is 7.05 Å². The van der Waals surface area contributed by atoms with E-state index in [9.17, 15) is 4.79 Å². The Bertz CT molecular complexity index is 213. The van der Waals surface area contributed by atoms with Crippen molar-refractivity contribution in [2.24, 2.45) is 5.92 Å². The summed E-state index contributed by atoms with van der Waals surface area (Å²) in [6.45, 7) is 6.72. The summed E-state index contributed by atoms with van der Waals surface area (Å²) in [5.74, 6) is 1.17. The Balaban J connectivity index is 2.50. The molecule has 0 aromatic carbocycles. The molecule has 0 amide bonds. The van der Waals surface area contributed by atoms with Gasteiger partial charge in [0.15, 0.2) is 0 Å². The van der Waals surface area contributed by atoms with Crippen LogP contribution in [0.4, 0.5) is 0 Å². The molecule has 0 N–H and O–H groups in total. The number of carbonyl (C=O) groups is 1. The summed E-state index contributed by atoms with van der Waals surface area (Å²) >= 11 is 0. The first-order chi connectivity index (χ1) is 7.02. The zero-order valence-electron chi connectivity index (χ0n) is 10.6. The fourth-order valence-corrected chi connectivity index (χ4v) is 2.55. The van der Waals surface area contributed by atoms with E-state index in [2.05, 4.69) is 32.7 Å². The summed E-state index contributed by atoms with van der Waals surface area (Å²) in [6, 6.07) is 0.726. The van der Waals surface area contributed by atoms with Gasteiger partial charge in [-0.3, -0.25) is 9.69 Å². The van der Waals surface area contributed by atoms with Crippen LogP contribution in [-0.2, 0) is 4.79 Å². The molecule has 0 bridgehead atoms. The largest absolute Gasteiger partial charge is 0.298 e. The summed E-state index contributed by atoms with van der Waals surface area (Å²) in [5.41, 5.74) is 0. The van der Waals surface area contributed by atoms with Crippen LogP contribution in [0.15, 0.2) is 0 Å². The maximum atomic E-state index is 11.8. The lowest BCUT2D eigenvalue weighted by molar-refractivity contribution is -0.126. The Morgan fingerprint density at radius 3 is 2.53 bits per heavy atom. The lowest BCUT2D eigenvalue weighted by atomic mass is 9.91. The van der Waals surface area contributed by atoms with Gasteiger partial charge in [-0.15, -0.1) is 0 Å². The van der Waals surface area contributed by atoms with Crippen molar-refractivity contribution in [3.05, 3.63) is 0 Å². The fourth-order valence-electron chi connectivity index (χ4n) is 2.55. The van der Waals surface area contributed by atoms with Crippen LogP contribution < -0.4 is 0 Å². The van der Waals surface area contributed by atoms with Gasteiger partial charge in [-0.05, 0) is 39.2 Å². The van der Waals surface area contributed by atoms with E-state index in [-0.39, 0.29) is 6.04 Å². The highest BCUT2D eigenvalue weighted by atomic mass is 16.1. The Kier molecular flexibility index (Phi) is 4.78. The molecule has 1 aliphatic carbocycles. The summed E-state index contributed by atoms with van der Waals surface area (Å²) in [5, 5.41) is 0. The number of hydrogen-bond acceptors (Lipinski definition) is 2. The van der Waals surface area contributed by atoms with Gasteiger partial charge in [0.1, 0.15) is 5.78 Å². The number of likely N-dealkylation sites (N-methyl/N-ethyl adjacent to an activating group) is 1. The molecule has 0 aromatic heterocycles. The Labute approximate surface area is 94.0 Å². The third-order valence-corrected chi connectivity index (χ3v) is 3.52. The Hall–Kier alpha value is -0.370. The zero-order chi connectivity index (χ0) is 11.4. The molecule has 2 nitrogen and oxygen atoms in total. The van der Waals surface area contributed by atoms with Crippen molar-refractivity contribution in [3.8, 4) is 0 Å². The molecule has 1 aliphatic rings. The molecule has 0 aliphatic heterocycles. The maximum absolute atomic E-state index is 11.8. The summed E-state index contributed by atoms with van der Waals surface area (Å²) in [7, 11) is 2.11. The molecule has 1 fully saturated rings. The van der Waals surface area contributed by atoms with E-state index in [4.69, 9.17) is 0 Å². The van der Waals surface area contributed by atoms with E-state index in [0.29, 0.717) is 17.7 Å². The minimum atomic E-state index is 0.201. The fraction of sp³-hybridized carbons (Fsp3) is 0.923. The first-order valence-electron chi connectivity index (χ1n) is 6.27. The molecule has 2 heteroatoms. The van der Waals surface area contributed by atoms with Gasteiger partial charge in [0.25, 0.3) is 0 Å². The predicted molar refractivity (Wildman–Crippen MR) is 63.9 cm³/mol. The number of carbonyl (C=O) groups excluding carboxylic acids is 1. The average Bonchev–Trinajstić information content (AvgIpc) is 2.16. The van der Waals surface area contributed by atoms with Crippen LogP contribution in [0.2, 0.25) is 0 Å². The second-order valence-corrected chi connectivity index (χ2v) is 5.37. The smallest absolute Gasteiger partial charge is 0.149 e. The first kappa shape index (κ1) is 12.7. The van der Waals surface area contributed by atoms with Crippen LogP contribution in [0.5, 0.6) is 0 Å². The lowest BCUT2D eigenvalue weighted by Gasteiger charge is -2.35. The highest BCUT2D eigenvalue weighted by molar-refractivity contribution is 5.84. The minimum absolute atomic E-state index is 0.201. The first-order valence-corrected chi connectivity index (χ1v) is 6.27. The van der Waals surface area contributed by atoms with Gasteiger partial charge in [-0.2, -0.15) is 0 Å². The van der Waals surface area contributed by atoms with Gasteiger partial charge in [-0.1, -0.05) is 20.3 Å². The van der Waals surface area contributed by atoms with Crippen LogP contribution in [0.1, 0.15) is 52.9 Å². The molecule has 2 atom stereocenters. The number of rotatable bonds is 4. The van der Waals surface area contributed by atoms with Crippen molar-refractivity contribution < 1.29 is 4.79 Å². The molecular weight excluding hydrogens is 186 g/mol. The topological polar surface area (TPSA) is 20.3 Å². The molecule has 0 heterocycles. The van der Waals surface area contributed by atoms with Crippen molar-refractivity contribution in [1.29, 1.82) is 0 Å². The SMILES string of the molecule is CC(C)CC(C)N(C)C1CCCCC1=O. The van der Waals surface area contributed by atoms with Crippen LogP contribution in [0, 0.1) is 5.92 Å². The monoisotopic (exact) mass is 211 g/mol. The minimum Gasteiger partial charge on any atom is -0.298 e. The van der Waals surface area contributed by atoms with E-state index in [0.717, 1.165) is 19.3 Å². The van der Waals surface area contributed by atoms with E-state index in [1.807, 2.05) is 0 Å². The van der Waals surface area contributed by atoms with E-state index < -0.39 is 0 Å². The van der Waals surface area contributed by atoms with Crippen LogP contribution in [0.25, 0.3) is 0 Å². The second kappa shape index (κ2) is 5.64. The molecular formula is C13H25NO. The molecule has 0 saturated heterocycles. The summed E-state index contributed by atoms with van der Waals surface area (Å²) in [6.07, 6.45) is 5.36. The molecule has 0 radical (unpaired) electrons. The molecule has 0 spiro atoms. The van der Waals surface area contributed by atoms with Crippen molar-refractivity contribution in [2.45, 2.75) is 65.0 Å². The third-order valence-electron chi connectivity index (χ3n) is 3.52. The van der Waals surface area contributed by atoms with E-state index >= 15 is 0 Å². The average molecular weight is 211 g/mol. The van der Waals surface area contributed by atoms with Gasteiger partial charge in [0.2, 0.25) is 0 Å². The molecule has 1 saturated carbocycles. The van der Waals surface area contributed by atoms with Gasteiger partial charge in [0, 0.05) is 12.5 Å². The van der Waals surface area contributed by atoms with Gasteiger partial charge >= 0.3 is 0 Å². The number of Topliss-reactive ketones (excluding diaryl/α,β-unsaturated/α-hetero) is 1. The number of ketones is 1. The molecule has 88 valence electrons. The Morgan fingerprint density at radius 2 is 2.00 bits per heavy atom. The number of nitrogens with zero attached hydrogens (tertiary/aromatic N) is 1.